The van der Waals surface area contributed by atoms with Gasteiger partial charge in [0, 0.05) is 0 Å². The third kappa shape index (κ3) is 6.19. The highest BCUT2D eigenvalue weighted by atomic mass is 35.7. The van der Waals surface area contributed by atoms with Crippen LogP contribution < -0.4 is 15.8 Å². The van der Waals surface area contributed by atoms with Crippen molar-refractivity contribution in [1.82, 2.24) is 0 Å². The summed E-state index contributed by atoms with van der Waals surface area (Å²) in [6.07, 6.45) is 8.08. The van der Waals surface area contributed by atoms with Gasteiger partial charge >= 0.3 is 0 Å². The summed E-state index contributed by atoms with van der Waals surface area (Å²) in [7, 11) is -2.20. The second-order valence-corrected chi connectivity index (χ2v) is 15.4. The first-order valence-corrected chi connectivity index (χ1v) is 16.1. The topological polar surface area (TPSA) is 0 Å². The fourth-order valence-electron chi connectivity index (χ4n) is 4.22. The van der Waals surface area contributed by atoms with Gasteiger partial charge in [0.15, 0.2) is 0 Å². The Kier molecular flexibility index (Phi) is 10.3. The van der Waals surface area contributed by atoms with Crippen LogP contribution in [0.15, 0.2) is 48.5 Å². The highest BCUT2D eigenvalue weighted by Crippen LogP contribution is 2.40. The second-order valence-electron chi connectivity index (χ2n) is 8.21. The maximum Gasteiger partial charge on any atom is 0.0867 e. The molecule has 154 valence electrons. The summed E-state index contributed by atoms with van der Waals surface area (Å²) in [6.45, 7) is 9.18. The molecule has 0 bridgehead atoms. The number of aryl methyl sites for hydroxylation is 1. The molecule has 0 heterocycles. The van der Waals surface area contributed by atoms with Crippen LogP contribution in [0.5, 0.6) is 0 Å². The van der Waals surface area contributed by atoms with E-state index in [1.165, 1.54) is 72.8 Å². The van der Waals surface area contributed by atoms with Gasteiger partial charge in [0.25, 0.3) is 0 Å². The van der Waals surface area contributed by atoms with Gasteiger partial charge in [-0.05, 0) is 23.1 Å². The zero-order valence-electron chi connectivity index (χ0n) is 18.3. The van der Waals surface area contributed by atoms with Crippen LogP contribution >= 0.6 is 18.5 Å². The van der Waals surface area contributed by atoms with Gasteiger partial charge in [-0.3, -0.25) is 0 Å². The molecule has 2 aromatic carbocycles. The van der Waals surface area contributed by atoms with Gasteiger partial charge in [-0.1, -0.05) is 142 Å². The largest absolute Gasteiger partial charge is 0.0867 e. The Balaban J connectivity index is 2.31. The van der Waals surface area contributed by atoms with E-state index < -0.39 is 15.3 Å². The van der Waals surface area contributed by atoms with Crippen molar-refractivity contribution in [1.29, 1.82) is 0 Å². The number of unbranched alkanes of at least 4 members (excludes halogenated alkanes) is 3. The molecule has 0 aliphatic carbocycles. The molecule has 0 aliphatic rings. The molecule has 0 aliphatic heterocycles. The van der Waals surface area contributed by atoms with Crippen LogP contribution in [0.4, 0.5) is 0 Å². The Morgan fingerprint density at radius 2 is 1.25 bits per heavy atom. The van der Waals surface area contributed by atoms with Gasteiger partial charge < -0.3 is 0 Å². The van der Waals surface area contributed by atoms with E-state index >= 15 is 0 Å². The predicted octanol–water partition coefficient (Wildman–Crippen LogP) is 7.64. The lowest BCUT2D eigenvalue weighted by Crippen LogP contribution is -2.47. The zero-order chi connectivity index (χ0) is 20.4. The predicted molar refractivity (Wildman–Crippen MR) is 134 cm³/mol. The Bertz CT molecular complexity index is 676. The monoisotopic (exact) mass is 432 g/mol. The minimum Gasteiger partial charge on any atom is -0.0859 e. The van der Waals surface area contributed by atoms with Crippen LogP contribution in [0, 0.1) is 6.92 Å². The molecular formula is C25H38ClPSi. The smallest absolute Gasteiger partial charge is 0.0859 e. The van der Waals surface area contributed by atoms with Crippen molar-refractivity contribution in [3.05, 3.63) is 54.1 Å². The normalized spacial score (nSPS) is 12.9. The van der Waals surface area contributed by atoms with Crippen molar-refractivity contribution in [2.45, 2.75) is 84.4 Å². The highest BCUT2D eigenvalue weighted by Gasteiger charge is 2.33. The molecule has 1 atom stereocenters. The molecule has 0 radical (unpaired) electrons. The van der Waals surface area contributed by atoms with Gasteiger partial charge in [0.2, 0.25) is 0 Å². The van der Waals surface area contributed by atoms with E-state index in [4.69, 9.17) is 11.2 Å². The molecule has 0 saturated heterocycles. The Morgan fingerprint density at radius 3 is 1.71 bits per heavy atom. The molecule has 3 heteroatoms. The summed E-state index contributed by atoms with van der Waals surface area (Å²) in [5, 5.41) is 4.26. The van der Waals surface area contributed by atoms with Crippen molar-refractivity contribution < 1.29 is 0 Å². The zero-order valence-corrected chi connectivity index (χ0v) is 21.0. The Morgan fingerprint density at radius 1 is 0.750 bits per heavy atom. The van der Waals surface area contributed by atoms with Crippen molar-refractivity contribution >= 4 is 42.4 Å². The summed E-state index contributed by atoms with van der Waals surface area (Å²) in [4.78, 5) is 0. The quantitative estimate of drug-likeness (QED) is 0.239. The summed E-state index contributed by atoms with van der Waals surface area (Å²) in [6, 6.07) is 22.5. The number of hydrogen-bond acceptors (Lipinski definition) is 0. The fraction of sp³-hybridized carbons (Fsp3) is 0.520. The van der Waals surface area contributed by atoms with Crippen molar-refractivity contribution in [2.24, 2.45) is 0 Å². The van der Waals surface area contributed by atoms with E-state index in [-0.39, 0.29) is 0 Å². The summed E-state index contributed by atoms with van der Waals surface area (Å²) in [5.74, 6) is 0. The van der Waals surface area contributed by atoms with E-state index in [0.29, 0.717) is 0 Å². The highest BCUT2D eigenvalue weighted by molar-refractivity contribution is 7.95. The molecule has 2 rings (SSSR count). The van der Waals surface area contributed by atoms with E-state index in [2.05, 4.69) is 76.2 Å². The molecule has 0 nitrogen and oxygen atoms in total. The van der Waals surface area contributed by atoms with Gasteiger partial charge in [0.1, 0.15) is 0 Å². The minimum atomic E-state index is -1.42. The van der Waals surface area contributed by atoms with E-state index in [9.17, 15) is 0 Å². The van der Waals surface area contributed by atoms with Crippen molar-refractivity contribution in [3.63, 3.8) is 0 Å². The van der Waals surface area contributed by atoms with Crippen LogP contribution in [0.25, 0.3) is 0 Å². The molecule has 0 aromatic heterocycles. The average Bonchev–Trinajstić information content (AvgIpc) is 2.73. The fourth-order valence-corrected chi connectivity index (χ4v) is 12.0. The standard InChI is InChI=1S/C25H38ClPSi/c1-5-8-19-28(20-9-6-2,21-10-7-3)24-17-15-23(16-18-24)27(26)25-14-12-11-13-22(25)4/h11-18H,5-10,19-21H2,1-4H3. The molecule has 1 unspecified atom stereocenters. The average molecular weight is 433 g/mol. The Hall–Kier alpha value is -0.623. The first-order chi connectivity index (χ1) is 13.6. The summed E-state index contributed by atoms with van der Waals surface area (Å²) < 4.78 is 0. The molecule has 0 N–H and O–H groups in total. The van der Waals surface area contributed by atoms with Crippen LogP contribution in [-0.4, -0.2) is 8.07 Å². The van der Waals surface area contributed by atoms with E-state index in [1.54, 1.807) is 5.19 Å². The van der Waals surface area contributed by atoms with Crippen molar-refractivity contribution in [2.75, 3.05) is 0 Å². The molecule has 0 fully saturated rings. The lowest BCUT2D eigenvalue weighted by Gasteiger charge is -2.33. The van der Waals surface area contributed by atoms with Gasteiger partial charge in [0.05, 0.1) is 15.3 Å². The third-order valence-electron chi connectivity index (χ3n) is 6.06. The van der Waals surface area contributed by atoms with Gasteiger partial charge in [-0.2, -0.15) is 0 Å². The van der Waals surface area contributed by atoms with E-state index in [1.807, 2.05) is 0 Å². The maximum absolute atomic E-state index is 6.93. The molecule has 0 amide bonds. The second kappa shape index (κ2) is 12.2. The Labute approximate surface area is 180 Å². The van der Waals surface area contributed by atoms with Crippen LogP contribution in [0.2, 0.25) is 18.1 Å². The first kappa shape index (κ1) is 23.7. The lowest BCUT2D eigenvalue weighted by atomic mass is 10.2. The molecule has 28 heavy (non-hydrogen) atoms. The molecule has 2 aromatic rings. The van der Waals surface area contributed by atoms with Gasteiger partial charge in [-0.25, -0.2) is 0 Å². The number of hydrogen-bond donors (Lipinski definition) is 0. The lowest BCUT2D eigenvalue weighted by molar-refractivity contribution is 0.800. The van der Waals surface area contributed by atoms with Crippen LogP contribution in [0.1, 0.15) is 64.9 Å². The molecule has 0 saturated carbocycles. The molecule has 0 spiro atoms. The van der Waals surface area contributed by atoms with Crippen molar-refractivity contribution in [3.8, 4) is 0 Å². The number of benzene rings is 2. The third-order valence-corrected chi connectivity index (χ3v) is 14.4. The minimum absolute atomic E-state index is 0.785. The molecular weight excluding hydrogens is 395 g/mol. The maximum atomic E-state index is 6.93. The first-order valence-electron chi connectivity index (χ1n) is 11.2. The van der Waals surface area contributed by atoms with Crippen LogP contribution in [-0.2, 0) is 0 Å². The van der Waals surface area contributed by atoms with Crippen LogP contribution in [0.3, 0.4) is 0 Å². The summed E-state index contributed by atoms with van der Waals surface area (Å²) in [5.41, 5.74) is 1.30. The van der Waals surface area contributed by atoms with E-state index in [0.717, 1.165) is 0 Å². The number of rotatable bonds is 12. The van der Waals surface area contributed by atoms with Gasteiger partial charge in [-0.15, -0.1) is 0 Å². The summed E-state index contributed by atoms with van der Waals surface area (Å²) >= 11 is 6.93. The SMILES string of the molecule is CCCC[Si](CCCC)(CCCC)c1ccc(P(Cl)c2ccccc2C)cc1. The number of halogens is 1.